The van der Waals surface area contributed by atoms with Crippen molar-refractivity contribution in [2.24, 2.45) is 5.92 Å². The van der Waals surface area contributed by atoms with E-state index in [4.69, 9.17) is 5.26 Å². The van der Waals surface area contributed by atoms with Gasteiger partial charge in [-0.25, -0.2) is 4.98 Å². The summed E-state index contributed by atoms with van der Waals surface area (Å²) in [5.41, 5.74) is 2.23. The van der Waals surface area contributed by atoms with Crippen LogP contribution in [0.2, 0.25) is 0 Å². The van der Waals surface area contributed by atoms with Crippen molar-refractivity contribution in [3.05, 3.63) is 59.2 Å². The number of nitriles is 1. The first-order valence-electron chi connectivity index (χ1n) is 8.32. The van der Waals surface area contributed by atoms with E-state index in [0.29, 0.717) is 24.2 Å². The highest BCUT2D eigenvalue weighted by Crippen LogP contribution is 2.36. The second-order valence-corrected chi connectivity index (χ2v) is 6.35. The highest BCUT2D eigenvalue weighted by Gasteiger charge is 2.38. The van der Waals surface area contributed by atoms with Crippen LogP contribution in [-0.4, -0.2) is 40.3 Å². The Bertz CT molecular complexity index is 875. The van der Waals surface area contributed by atoms with E-state index in [2.05, 4.69) is 15.3 Å². The molecule has 3 rings (SSSR count). The van der Waals surface area contributed by atoms with Gasteiger partial charge in [0.05, 0.1) is 17.3 Å². The number of rotatable bonds is 4. The molecule has 0 radical (unpaired) electrons. The van der Waals surface area contributed by atoms with Crippen LogP contribution in [0.15, 0.2) is 36.7 Å². The lowest BCUT2D eigenvalue weighted by atomic mass is 9.94. The molecule has 3 heterocycles. The smallest absolute Gasteiger partial charge is 0.269 e. The summed E-state index contributed by atoms with van der Waals surface area (Å²) in [4.78, 5) is 34.5. The molecular weight excluding hydrogens is 330 g/mol. The molecule has 2 aromatic heterocycles. The van der Waals surface area contributed by atoms with Gasteiger partial charge in [-0.2, -0.15) is 5.26 Å². The molecule has 7 heteroatoms. The summed E-state index contributed by atoms with van der Waals surface area (Å²) in [6, 6.07) is 8.83. The van der Waals surface area contributed by atoms with Crippen LogP contribution < -0.4 is 5.32 Å². The third kappa shape index (κ3) is 3.40. The molecule has 1 aliphatic heterocycles. The van der Waals surface area contributed by atoms with Gasteiger partial charge in [-0.1, -0.05) is 0 Å². The van der Waals surface area contributed by atoms with Gasteiger partial charge in [0.1, 0.15) is 11.8 Å². The number of likely N-dealkylation sites (tertiary alicyclic amines) is 1. The molecule has 26 heavy (non-hydrogen) atoms. The van der Waals surface area contributed by atoms with Crippen molar-refractivity contribution in [3.63, 3.8) is 0 Å². The van der Waals surface area contributed by atoms with E-state index >= 15 is 0 Å². The molecule has 132 valence electrons. The van der Waals surface area contributed by atoms with E-state index in [1.165, 1.54) is 6.07 Å². The summed E-state index contributed by atoms with van der Waals surface area (Å²) in [5.74, 6) is -0.287. The fourth-order valence-corrected chi connectivity index (χ4v) is 3.31. The van der Waals surface area contributed by atoms with Crippen molar-refractivity contribution in [2.45, 2.75) is 19.4 Å². The predicted molar refractivity (Wildman–Crippen MR) is 93.9 cm³/mol. The predicted octanol–water partition coefficient (Wildman–Crippen LogP) is 1.61. The average Bonchev–Trinajstić information content (AvgIpc) is 2.94. The maximum Gasteiger partial charge on any atom is 0.269 e. The van der Waals surface area contributed by atoms with Crippen molar-refractivity contribution in [3.8, 4) is 6.07 Å². The molecule has 2 amide bonds. The molecule has 1 fully saturated rings. The maximum atomic E-state index is 12.4. The number of carbonyl (C=O) groups excluding carboxylic acids is 2. The second-order valence-electron chi connectivity index (χ2n) is 6.35. The molecule has 0 aliphatic carbocycles. The molecule has 0 spiro atoms. The second kappa shape index (κ2) is 7.31. The van der Waals surface area contributed by atoms with Crippen LogP contribution in [0.5, 0.6) is 0 Å². The number of aromatic nitrogens is 2. The molecule has 1 N–H and O–H groups in total. The average molecular weight is 349 g/mol. The number of hydrogen-bond donors (Lipinski definition) is 1. The molecule has 0 unspecified atom stereocenters. The number of hydrogen-bond acceptors (Lipinski definition) is 5. The Morgan fingerprint density at radius 2 is 2.08 bits per heavy atom. The van der Waals surface area contributed by atoms with Crippen LogP contribution >= 0.6 is 0 Å². The zero-order valence-electron chi connectivity index (χ0n) is 14.6. The van der Waals surface area contributed by atoms with Gasteiger partial charge in [-0.3, -0.25) is 14.6 Å². The van der Waals surface area contributed by atoms with Gasteiger partial charge in [0, 0.05) is 38.3 Å². The first kappa shape index (κ1) is 17.5. The molecular formula is C19H19N5O2. The Hall–Kier alpha value is -3.27. The Morgan fingerprint density at radius 1 is 1.35 bits per heavy atom. The number of nitrogens with one attached hydrogen (secondary N) is 1. The molecule has 2 atom stereocenters. The lowest BCUT2D eigenvalue weighted by molar-refractivity contribution is -0.127. The maximum absolute atomic E-state index is 12.4. The van der Waals surface area contributed by atoms with Gasteiger partial charge in [0.2, 0.25) is 5.91 Å². The van der Waals surface area contributed by atoms with Crippen LogP contribution in [0.3, 0.4) is 0 Å². The number of aryl methyl sites for hydroxylation is 1. The van der Waals surface area contributed by atoms with Gasteiger partial charge in [0.25, 0.3) is 5.91 Å². The van der Waals surface area contributed by atoms with Gasteiger partial charge in [-0.05, 0) is 36.8 Å². The highest BCUT2D eigenvalue weighted by atomic mass is 16.2. The summed E-state index contributed by atoms with van der Waals surface area (Å²) >= 11 is 0. The topological polar surface area (TPSA) is 99.0 Å². The van der Waals surface area contributed by atoms with Crippen molar-refractivity contribution >= 4 is 11.8 Å². The van der Waals surface area contributed by atoms with Crippen LogP contribution in [0.25, 0.3) is 0 Å². The molecule has 1 aliphatic rings. The first-order valence-corrected chi connectivity index (χ1v) is 8.32. The summed E-state index contributed by atoms with van der Waals surface area (Å²) in [6.45, 7) is 2.06. The number of carbonyl (C=O) groups is 2. The quantitative estimate of drug-likeness (QED) is 0.904. The number of nitrogens with zero attached hydrogens (tertiary/aromatic N) is 4. The number of amides is 2. The lowest BCUT2D eigenvalue weighted by Gasteiger charge is -2.25. The Kier molecular flexibility index (Phi) is 4.94. The SMILES string of the molecule is Cc1nc(C(=O)NC[C@@H]2CC(=O)N(C)[C@H]2c2ccncc2)ccc1C#N. The van der Waals surface area contributed by atoms with Crippen LogP contribution in [0.4, 0.5) is 0 Å². The normalized spacial score (nSPS) is 19.3. The van der Waals surface area contributed by atoms with E-state index in [1.54, 1.807) is 37.3 Å². The number of pyridine rings is 2. The van der Waals surface area contributed by atoms with E-state index in [9.17, 15) is 9.59 Å². The van der Waals surface area contributed by atoms with Gasteiger partial charge < -0.3 is 10.2 Å². The minimum absolute atomic E-state index is 0.0293. The minimum Gasteiger partial charge on any atom is -0.350 e. The van der Waals surface area contributed by atoms with E-state index in [1.807, 2.05) is 18.2 Å². The van der Waals surface area contributed by atoms with Gasteiger partial charge in [0.15, 0.2) is 0 Å². The Morgan fingerprint density at radius 3 is 2.73 bits per heavy atom. The van der Waals surface area contributed by atoms with Crippen LogP contribution in [0.1, 0.15) is 39.8 Å². The fraction of sp³-hybridized carbons (Fsp3) is 0.316. The first-order chi connectivity index (χ1) is 12.5. The Balaban J connectivity index is 1.72. The third-order valence-corrected chi connectivity index (χ3v) is 4.71. The zero-order valence-corrected chi connectivity index (χ0v) is 14.6. The van der Waals surface area contributed by atoms with E-state index in [0.717, 1.165) is 5.56 Å². The largest absolute Gasteiger partial charge is 0.350 e. The summed E-state index contributed by atoms with van der Waals surface area (Å²) in [7, 11) is 1.78. The summed E-state index contributed by atoms with van der Waals surface area (Å²) in [5, 5.41) is 11.8. The van der Waals surface area contributed by atoms with E-state index in [-0.39, 0.29) is 29.5 Å². The highest BCUT2D eigenvalue weighted by molar-refractivity contribution is 5.92. The van der Waals surface area contributed by atoms with E-state index < -0.39 is 0 Å². The summed E-state index contributed by atoms with van der Waals surface area (Å²) < 4.78 is 0. The van der Waals surface area contributed by atoms with Gasteiger partial charge >= 0.3 is 0 Å². The fourth-order valence-electron chi connectivity index (χ4n) is 3.31. The monoisotopic (exact) mass is 349 g/mol. The third-order valence-electron chi connectivity index (χ3n) is 4.71. The van der Waals surface area contributed by atoms with Crippen LogP contribution in [-0.2, 0) is 4.79 Å². The zero-order chi connectivity index (χ0) is 18.7. The molecule has 1 saturated heterocycles. The van der Waals surface area contributed by atoms with Crippen molar-refractivity contribution in [1.29, 1.82) is 5.26 Å². The molecule has 7 nitrogen and oxygen atoms in total. The molecule has 0 aromatic carbocycles. The van der Waals surface area contributed by atoms with Crippen LogP contribution in [0, 0.1) is 24.2 Å². The standard InChI is InChI=1S/C19H19N5O2/c1-12-14(10-20)3-4-16(23-12)19(26)22-11-15-9-17(25)24(2)18(15)13-5-7-21-8-6-13/h3-8,15,18H,9,11H2,1-2H3,(H,22,26)/t15-,18-/m0/s1. The van der Waals surface area contributed by atoms with Gasteiger partial charge in [-0.15, -0.1) is 0 Å². The van der Waals surface area contributed by atoms with Crippen molar-refractivity contribution < 1.29 is 9.59 Å². The molecule has 2 aromatic rings. The Labute approximate surface area is 151 Å². The lowest BCUT2D eigenvalue weighted by Crippen LogP contribution is -2.33. The van der Waals surface area contributed by atoms with Crippen molar-refractivity contribution in [1.82, 2.24) is 20.2 Å². The summed E-state index contributed by atoms with van der Waals surface area (Å²) in [6.07, 6.45) is 3.78. The molecule has 0 bridgehead atoms. The van der Waals surface area contributed by atoms with Crippen molar-refractivity contribution in [2.75, 3.05) is 13.6 Å². The molecule has 0 saturated carbocycles. The minimum atomic E-state index is -0.312.